The minimum atomic E-state index is -1.07. The quantitative estimate of drug-likeness (QED) is 0.736. The summed E-state index contributed by atoms with van der Waals surface area (Å²) in [5.74, 6) is -1.44. The van der Waals surface area contributed by atoms with Crippen molar-refractivity contribution in [3.63, 3.8) is 0 Å². The number of carboxylic acids is 1. The molecule has 0 fully saturated rings. The lowest BCUT2D eigenvalue weighted by Crippen LogP contribution is -2.39. The highest BCUT2D eigenvalue weighted by Crippen LogP contribution is 2.19. The van der Waals surface area contributed by atoms with Gasteiger partial charge in [-0.1, -0.05) is 0 Å². The van der Waals surface area contributed by atoms with E-state index in [1.807, 2.05) is 0 Å². The maximum Gasteiger partial charge on any atom is 0.328 e. The van der Waals surface area contributed by atoms with Crippen molar-refractivity contribution in [2.75, 3.05) is 5.32 Å². The van der Waals surface area contributed by atoms with Gasteiger partial charge in [0, 0.05) is 11.3 Å². The number of benzene rings is 1. The van der Waals surface area contributed by atoms with Crippen molar-refractivity contribution in [2.24, 2.45) is 5.73 Å². The van der Waals surface area contributed by atoms with Crippen molar-refractivity contribution in [3.8, 4) is 0 Å². The highest BCUT2D eigenvalue weighted by molar-refractivity contribution is 5.94. The molecule has 92 valence electrons. The van der Waals surface area contributed by atoms with Gasteiger partial charge in [0.1, 0.15) is 5.54 Å². The third kappa shape index (κ3) is 2.96. The van der Waals surface area contributed by atoms with Gasteiger partial charge in [-0.25, -0.2) is 4.79 Å². The minimum Gasteiger partial charge on any atom is -0.480 e. The molecule has 0 atom stereocenters. The number of carbonyl (C=O) groups excluding carboxylic acids is 1. The molecule has 0 saturated heterocycles. The first-order chi connectivity index (χ1) is 7.74. The van der Waals surface area contributed by atoms with Crippen LogP contribution in [-0.2, 0) is 4.79 Å². The second-order valence-corrected chi connectivity index (χ2v) is 4.45. The molecule has 0 bridgehead atoms. The number of nitrogens with two attached hydrogens (primary N) is 1. The Bertz CT molecular complexity index is 467. The summed E-state index contributed by atoms with van der Waals surface area (Å²) in [4.78, 5) is 22.0. The van der Waals surface area contributed by atoms with Crippen molar-refractivity contribution in [1.29, 1.82) is 0 Å². The van der Waals surface area contributed by atoms with E-state index < -0.39 is 17.4 Å². The third-order valence-electron chi connectivity index (χ3n) is 2.48. The van der Waals surface area contributed by atoms with Gasteiger partial charge in [-0.05, 0) is 44.5 Å². The van der Waals surface area contributed by atoms with Crippen molar-refractivity contribution < 1.29 is 14.7 Å². The van der Waals surface area contributed by atoms with Crippen molar-refractivity contribution in [1.82, 2.24) is 0 Å². The van der Waals surface area contributed by atoms with Crippen LogP contribution in [0.15, 0.2) is 18.2 Å². The Balaban J connectivity index is 2.99. The number of anilines is 1. The molecule has 0 spiro atoms. The third-order valence-corrected chi connectivity index (χ3v) is 2.48. The Morgan fingerprint density at radius 1 is 1.35 bits per heavy atom. The standard InChI is InChI=1S/C12H16N2O3/c1-7-6-8(4-5-9(7)10(13)15)14-12(2,3)11(16)17/h4-6,14H,1-3H3,(H2,13,15)(H,16,17). The summed E-state index contributed by atoms with van der Waals surface area (Å²) in [6.07, 6.45) is 0. The second kappa shape index (κ2) is 4.45. The van der Waals surface area contributed by atoms with Gasteiger partial charge < -0.3 is 16.2 Å². The van der Waals surface area contributed by atoms with Gasteiger partial charge >= 0.3 is 5.97 Å². The van der Waals surface area contributed by atoms with Crippen molar-refractivity contribution in [2.45, 2.75) is 26.3 Å². The fraction of sp³-hybridized carbons (Fsp3) is 0.333. The van der Waals surface area contributed by atoms with Gasteiger partial charge in [0.15, 0.2) is 0 Å². The molecule has 1 aromatic rings. The van der Waals surface area contributed by atoms with Crippen LogP contribution in [-0.4, -0.2) is 22.5 Å². The normalized spacial score (nSPS) is 11.0. The molecule has 0 aliphatic carbocycles. The van der Waals surface area contributed by atoms with Gasteiger partial charge in [0.05, 0.1) is 0 Å². The molecule has 0 heterocycles. The average molecular weight is 236 g/mol. The van der Waals surface area contributed by atoms with Crippen LogP contribution in [0, 0.1) is 6.92 Å². The first-order valence-electron chi connectivity index (χ1n) is 5.16. The molecule has 0 unspecified atom stereocenters. The molecule has 5 heteroatoms. The van der Waals surface area contributed by atoms with E-state index in [1.165, 1.54) is 0 Å². The van der Waals surface area contributed by atoms with E-state index in [0.29, 0.717) is 16.8 Å². The molecule has 0 saturated carbocycles. The van der Waals surface area contributed by atoms with Crippen LogP contribution in [0.1, 0.15) is 29.8 Å². The molecular formula is C12H16N2O3. The van der Waals surface area contributed by atoms with Crippen LogP contribution < -0.4 is 11.1 Å². The number of primary amides is 1. The topological polar surface area (TPSA) is 92.4 Å². The van der Waals surface area contributed by atoms with Crippen LogP contribution in [0.3, 0.4) is 0 Å². The molecule has 1 amide bonds. The van der Waals surface area contributed by atoms with Crippen LogP contribution in [0.5, 0.6) is 0 Å². The number of carbonyl (C=O) groups is 2. The Morgan fingerprint density at radius 3 is 2.35 bits per heavy atom. The van der Waals surface area contributed by atoms with Gasteiger partial charge in [0.25, 0.3) is 0 Å². The van der Waals surface area contributed by atoms with Gasteiger partial charge in [-0.3, -0.25) is 4.79 Å². The van der Waals surface area contributed by atoms with E-state index >= 15 is 0 Å². The number of carboxylic acid groups (broad SMARTS) is 1. The Morgan fingerprint density at radius 2 is 1.94 bits per heavy atom. The number of rotatable bonds is 4. The molecule has 0 aromatic heterocycles. The molecule has 0 aliphatic heterocycles. The lowest BCUT2D eigenvalue weighted by atomic mass is 10.0. The number of aryl methyl sites for hydroxylation is 1. The van der Waals surface area contributed by atoms with Gasteiger partial charge in [-0.15, -0.1) is 0 Å². The average Bonchev–Trinajstić information content (AvgIpc) is 2.15. The largest absolute Gasteiger partial charge is 0.480 e. The van der Waals surface area contributed by atoms with E-state index in [-0.39, 0.29) is 0 Å². The number of hydrogen-bond donors (Lipinski definition) is 3. The molecule has 0 radical (unpaired) electrons. The minimum absolute atomic E-state index is 0.434. The first kappa shape index (κ1) is 13.0. The monoisotopic (exact) mass is 236 g/mol. The maximum absolute atomic E-state index is 11.0. The van der Waals surface area contributed by atoms with E-state index in [2.05, 4.69) is 5.32 Å². The molecular weight excluding hydrogens is 220 g/mol. The molecule has 1 aromatic carbocycles. The van der Waals surface area contributed by atoms with Gasteiger partial charge in [-0.2, -0.15) is 0 Å². The fourth-order valence-corrected chi connectivity index (χ4v) is 1.43. The molecule has 5 nitrogen and oxygen atoms in total. The Labute approximate surface area is 99.6 Å². The second-order valence-electron chi connectivity index (χ2n) is 4.45. The van der Waals surface area contributed by atoms with Gasteiger partial charge in [0.2, 0.25) is 5.91 Å². The molecule has 17 heavy (non-hydrogen) atoms. The smallest absolute Gasteiger partial charge is 0.328 e. The highest BCUT2D eigenvalue weighted by atomic mass is 16.4. The Hall–Kier alpha value is -2.04. The summed E-state index contributed by atoms with van der Waals surface area (Å²) in [5, 5.41) is 11.9. The van der Waals surface area contributed by atoms with Crippen LogP contribution >= 0.6 is 0 Å². The van der Waals surface area contributed by atoms with E-state index in [9.17, 15) is 9.59 Å². The number of aliphatic carboxylic acids is 1. The number of hydrogen-bond acceptors (Lipinski definition) is 3. The zero-order chi connectivity index (χ0) is 13.2. The zero-order valence-corrected chi connectivity index (χ0v) is 10.1. The molecule has 1 rings (SSSR count). The van der Waals surface area contributed by atoms with Crippen molar-refractivity contribution in [3.05, 3.63) is 29.3 Å². The zero-order valence-electron chi connectivity index (χ0n) is 10.1. The van der Waals surface area contributed by atoms with Crippen LogP contribution in [0.4, 0.5) is 5.69 Å². The van der Waals surface area contributed by atoms with E-state index in [1.54, 1.807) is 39.0 Å². The first-order valence-corrected chi connectivity index (χ1v) is 5.16. The lowest BCUT2D eigenvalue weighted by Gasteiger charge is -2.22. The summed E-state index contributed by atoms with van der Waals surface area (Å²) in [6.45, 7) is 4.87. The van der Waals surface area contributed by atoms with Crippen LogP contribution in [0.2, 0.25) is 0 Å². The predicted molar refractivity (Wildman–Crippen MR) is 65.0 cm³/mol. The predicted octanol–water partition coefficient (Wildman–Crippen LogP) is 1.37. The molecule has 0 aliphatic rings. The fourth-order valence-electron chi connectivity index (χ4n) is 1.43. The van der Waals surface area contributed by atoms with E-state index in [4.69, 9.17) is 10.8 Å². The summed E-state index contributed by atoms with van der Waals surface area (Å²) in [7, 11) is 0. The highest BCUT2D eigenvalue weighted by Gasteiger charge is 2.26. The number of nitrogens with one attached hydrogen (secondary N) is 1. The van der Waals surface area contributed by atoms with Crippen molar-refractivity contribution >= 4 is 17.6 Å². The summed E-state index contributed by atoms with van der Waals surface area (Å²) < 4.78 is 0. The molecule has 4 N–H and O–H groups in total. The maximum atomic E-state index is 11.0. The Kier molecular flexibility index (Phi) is 3.41. The SMILES string of the molecule is Cc1cc(NC(C)(C)C(=O)O)ccc1C(N)=O. The van der Waals surface area contributed by atoms with E-state index in [0.717, 1.165) is 0 Å². The van der Waals surface area contributed by atoms with Crippen LogP contribution in [0.25, 0.3) is 0 Å². The lowest BCUT2D eigenvalue weighted by molar-refractivity contribution is -0.141. The summed E-state index contributed by atoms with van der Waals surface area (Å²) in [6, 6.07) is 4.92. The number of amides is 1. The summed E-state index contributed by atoms with van der Waals surface area (Å²) in [5.41, 5.74) is 5.90. The summed E-state index contributed by atoms with van der Waals surface area (Å²) >= 11 is 0.